The molecule has 0 saturated carbocycles. The van der Waals surface area contributed by atoms with Crippen LogP contribution >= 0.6 is 24.0 Å². The maximum atomic E-state index is 11.8. The zero-order chi connectivity index (χ0) is 11.4. The maximum absolute atomic E-state index is 11.8. The van der Waals surface area contributed by atoms with Gasteiger partial charge in [0.15, 0.2) is 0 Å². The van der Waals surface area contributed by atoms with E-state index < -0.39 is 0 Å². The second-order valence-corrected chi connectivity index (χ2v) is 4.27. The molecule has 2 rings (SSSR count). The first-order valence-corrected chi connectivity index (χ1v) is 5.74. The molecule has 1 saturated heterocycles. The van der Waals surface area contributed by atoms with E-state index in [2.05, 4.69) is 15.6 Å². The summed E-state index contributed by atoms with van der Waals surface area (Å²) in [4.78, 5) is 15.6. The van der Waals surface area contributed by atoms with E-state index in [1.807, 2.05) is 0 Å². The Bertz CT molecular complexity index is 381. The van der Waals surface area contributed by atoms with Crippen molar-refractivity contribution in [2.75, 3.05) is 19.6 Å². The van der Waals surface area contributed by atoms with Crippen LogP contribution in [0.15, 0.2) is 18.3 Å². The summed E-state index contributed by atoms with van der Waals surface area (Å²) in [6.07, 6.45) is 2.68. The molecule has 0 spiro atoms. The van der Waals surface area contributed by atoms with Gasteiger partial charge in [-0.3, -0.25) is 4.79 Å². The van der Waals surface area contributed by atoms with Gasteiger partial charge in [0, 0.05) is 12.7 Å². The molecule has 17 heavy (non-hydrogen) atoms. The molecule has 1 aromatic heterocycles. The summed E-state index contributed by atoms with van der Waals surface area (Å²) in [5.41, 5.74) is 0.440. The van der Waals surface area contributed by atoms with Crippen LogP contribution in [0.25, 0.3) is 0 Å². The van der Waals surface area contributed by atoms with Gasteiger partial charge in [0.05, 0.1) is 5.56 Å². The topological polar surface area (TPSA) is 54.0 Å². The molecule has 1 aliphatic heterocycles. The monoisotopic (exact) mass is 275 g/mol. The second kappa shape index (κ2) is 6.79. The van der Waals surface area contributed by atoms with E-state index in [4.69, 9.17) is 11.6 Å². The summed E-state index contributed by atoms with van der Waals surface area (Å²) >= 11 is 5.83. The van der Waals surface area contributed by atoms with E-state index >= 15 is 0 Å². The predicted molar refractivity (Wildman–Crippen MR) is 69.8 cm³/mol. The van der Waals surface area contributed by atoms with Crippen LogP contribution in [0.4, 0.5) is 0 Å². The summed E-state index contributed by atoms with van der Waals surface area (Å²) in [6, 6.07) is 3.38. The highest BCUT2D eigenvalue weighted by atomic mass is 35.5. The fourth-order valence-corrected chi connectivity index (χ4v) is 1.98. The van der Waals surface area contributed by atoms with Gasteiger partial charge < -0.3 is 10.6 Å². The fraction of sp³-hybridized carbons (Fsp3) is 0.455. The number of rotatable bonds is 3. The van der Waals surface area contributed by atoms with Crippen LogP contribution in [-0.4, -0.2) is 30.5 Å². The minimum atomic E-state index is -0.148. The first-order valence-electron chi connectivity index (χ1n) is 5.37. The first-order chi connectivity index (χ1) is 7.77. The Labute approximate surface area is 112 Å². The smallest absolute Gasteiger partial charge is 0.254 e. The second-order valence-electron chi connectivity index (χ2n) is 3.91. The van der Waals surface area contributed by atoms with Crippen molar-refractivity contribution in [3.63, 3.8) is 0 Å². The van der Waals surface area contributed by atoms with Crippen LogP contribution in [0, 0.1) is 5.92 Å². The van der Waals surface area contributed by atoms with E-state index in [-0.39, 0.29) is 23.5 Å². The number of amides is 1. The highest BCUT2D eigenvalue weighted by molar-refractivity contribution is 6.32. The van der Waals surface area contributed by atoms with Gasteiger partial charge in [0.1, 0.15) is 5.15 Å². The van der Waals surface area contributed by atoms with Gasteiger partial charge in [-0.05, 0) is 37.6 Å². The third kappa shape index (κ3) is 3.84. The van der Waals surface area contributed by atoms with Gasteiger partial charge in [-0.25, -0.2) is 4.98 Å². The molecule has 1 unspecified atom stereocenters. The largest absolute Gasteiger partial charge is 0.352 e. The average molecular weight is 276 g/mol. The average Bonchev–Trinajstić information content (AvgIpc) is 2.79. The lowest BCUT2D eigenvalue weighted by molar-refractivity contribution is 0.0948. The maximum Gasteiger partial charge on any atom is 0.254 e. The Morgan fingerprint density at radius 3 is 3.12 bits per heavy atom. The lowest BCUT2D eigenvalue weighted by atomic mass is 10.1. The molecular formula is C11H15Cl2N3O. The van der Waals surface area contributed by atoms with Gasteiger partial charge in [0.25, 0.3) is 5.91 Å². The van der Waals surface area contributed by atoms with Crippen molar-refractivity contribution in [2.45, 2.75) is 6.42 Å². The number of hydrogen-bond donors (Lipinski definition) is 2. The normalized spacial score (nSPS) is 18.5. The van der Waals surface area contributed by atoms with Gasteiger partial charge >= 0.3 is 0 Å². The molecule has 0 bridgehead atoms. The highest BCUT2D eigenvalue weighted by Gasteiger charge is 2.16. The minimum absolute atomic E-state index is 0. The number of aromatic nitrogens is 1. The molecular weight excluding hydrogens is 261 g/mol. The number of hydrogen-bond acceptors (Lipinski definition) is 3. The summed E-state index contributed by atoms with van der Waals surface area (Å²) in [5, 5.41) is 6.39. The first kappa shape index (κ1) is 14.2. The molecule has 1 aromatic rings. The highest BCUT2D eigenvalue weighted by Crippen LogP contribution is 2.12. The standard InChI is InChI=1S/C11H14ClN3O.ClH/c12-10-9(2-1-4-14-10)11(16)15-7-8-3-5-13-6-8;/h1-2,4,8,13H,3,5-7H2,(H,15,16);1H. The molecule has 2 N–H and O–H groups in total. The van der Waals surface area contributed by atoms with Crippen LogP contribution in [-0.2, 0) is 0 Å². The van der Waals surface area contributed by atoms with Crippen molar-refractivity contribution in [1.82, 2.24) is 15.6 Å². The number of carbonyl (C=O) groups excluding carboxylic acids is 1. The number of carbonyl (C=O) groups is 1. The van der Waals surface area contributed by atoms with Crippen LogP contribution < -0.4 is 10.6 Å². The Hall–Kier alpha value is -0.840. The van der Waals surface area contributed by atoms with Crippen molar-refractivity contribution in [3.8, 4) is 0 Å². The predicted octanol–water partition coefficient (Wildman–Crippen LogP) is 1.50. The third-order valence-corrected chi connectivity index (χ3v) is 3.02. The quantitative estimate of drug-likeness (QED) is 0.822. The zero-order valence-electron chi connectivity index (χ0n) is 9.28. The van der Waals surface area contributed by atoms with Crippen molar-refractivity contribution in [1.29, 1.82) is 0 Å². The molecule has 6 heteroatoms. The van der Waals surface area contributed by atoms with E-state index in [1.165, 1.54) is 0 Å². The lowest BCUT2D eigenvalue weighted by Crippen LogP contribution is -2.30. The molecule has 0 radical (unpaired) electrons. The minimum Gasteiger partial charge on any atom is -0.352 e. The third-order valence-electron chi connectivity index (χ3n) is 2.72. The van der Waals surface area contributed by atoms with E-state index in [0.29, 0.717) is 18.0 Å². The number of pyridine rings is 1. The van der Waals surface area contributed by atoms with Crippen LogP contribution in [0.1, 0.15) is 16.8 Å². The lowest BCUT2D eigenvalue weighted by Gasteiger charge is -2.10. The number of halogens is 2. The fourth-order valence-electron chi connectivity index (χ4n) is 1.78. The summed E-state index contributed by atoms with van der Waals surface area (Å²) in [7, 11) is 0. The number of nitrogens with one attached hydrogen (secondary N) is 2. The van der Waals surface area contributed by atoms with Crippen molar-refractivity contribution in [3.05, 3.63) is 29.0 Å². The van der Waals surface area contributed by atoms with E-state index in [9.17, 15) is 4.79 Å². The van der Waals surface area contributed by atoms with Crippen molar-refractivity contribution < 1.29 is 4.79 Å². The summed E-state index contributed by atoms with van der Waals surface area (Å²) in [6.45, 7) is 2.70. The van der Waals surface area contributed by atoms with Gasteiger partial charge in [-0.2, -0.15) is 0 Å². The van der Waals surface area contributed by atoms with Crippen molar-refractivity contribution >= 4 is 29.9 Å². The zero-order valence-corrected chi connectivity index (χ0v) is 10.9. The van der Waals surface area contributed by atoms with E-state index in [1.54, 1.807) is 18.3 Å². The van der Waals surface area contributed by atoms with Crippen LogP contribution in [0.2, 0.25) is 5.15 Å². The van der Waals surface area contributed by atoms with Gasteiger partial charge in [-0.15, -0.1) is 12.4 Å². The van der Waals surface area contributed by atoms with E-state index in [0.717, 1.165) is 19.5 Å². The Kier molecular flexibility index (Phi) is 5.68. The van der Waals surface area contributed by atoms with Gasteiger partial charge in [-0.1, -0.05) is 11.6 Å². The Morgan fingerprint density at radius 1 is 1.65 bits per heavy atom. The molecule has 0 aliphatic carbocycles. The molecule has 2 heterocycles. The molecule has 1 aliphatic rings. The molecule has 1 atom stereocenters. The molecule has 4 nitrogen and oxygen atoms in total. The molecule has 1 amide bonds. The van der Waals surface area contributed by atoms with Gasteiger partial charge in [0.2, 0.25) is 0 Å². The Morgan fingerprint density at radius 2 is 2.47 bits per heavy atom. The van der Waals surface area contributed by atoms with Crippen molar-refractivity contribution in [2.24, 2.45) is 5.92 Å². The molecule has 1 fully saturated rings. The summed E-state index contributed by atoms with van der Waals surface area (Å²) in [5.74, 6) is 0.379. The van der Waals surface area contributed by atoms with Crippen LogP contribution in [0.5, 0.6) is 0 Å². The SMILES string of the molecule is Cl.O=C(NCC1CCNC1)c1cccnc1Cl. The van der Waals surface area contributed by atoms with Crippen LogP contribution in [0.3, 0.4) is 0 Å². The molecule has 94 valence electrons. The number of nitrogens with zero attached hydrogens (tertiary/aromatic N) is 1. The molecule has 0 aromatic carbocycles. The summed E-state index contributed by atoms with van der Waals surface area (Å²) < 4.78 is 0. The Balaban J connectivity index is 0.00000144.